The van der Waals surface area contributed by atoms with Gasteiger partial charge < -0.3 is 0 Å². The van der Waals surface area contributed by atoms with Gasteiger partial charge in [0.1, 0.15) is 0 Å². The van der Waals surface area contributed by atoms with E-state index < -0.39 is 0 Å². The molecule has 19 rings (SSSR count). The van der Waals surface area contributed by atoms with Gasteiger partial charge in [0.05, 0.1) is 0 Å². The average Bonchev–Trinajstić information content (AvgIpc) is 1.35. The number of rotatable bonds is 10. The summed E-state index contributed by atoms with van der Waals surface area (Å²) in [6.07, 6.45) is 0. The Labute approximate surface area is 556 Å². The summed E-state index contributed by atoms with van der Waals surface area (Å²) in [5.41, 5.74) is 26.9. The molecule has 0 N–H and O–H groups in total. The topological polar surface area (TPSA) is 13.0 Å². The fourth-order valence-electron chi connectivity index (χ4n) is 15.3. The molecule has 0 bridgehead atoms. The molecule has 4 aliphatic rings. The third kappa shape index (κ3) is 8.69. The Kier molecular flexibility index (Phi) is 12.9. The zero-order valence-electron chi connectivity index (χ0n) is 50.3. The fraction of sp³-hybridized carbons (Fsp3) is 0. The van der Waals surface area contributed by atoms with Gasteiger partial charge in [0, 0.05) is 0 Å². The van der Waals surface area contributed by atoms with Crippen molar-refractivity contribution in [3.05, 3.63) is 328 Å². The third-order valence-corrected chi connectivity index (χ3v) is 24.0. The number of nitrogens with zero attached hydrogens (tertiary/aromatic N) is 4. The first kappa shape index (κ1) is 54.3. The molecular weight excluding hydrogens is 1230 g/mol. The van der Waals surface area contributed by atoms with Crippen molar-refractivity contribution in [2.45, 2.75) is 9.79 Å². The fourth-order valence-corrected chi connectivity index (χ4v) is 20.8. The van der Waals surface area contributed by atoms with E-state index in [2.05, 4.69) is 347 Å². The van der Waals surface area contributed by atoms with Gasteiger partial charge in [0.2, 0.25) is 0 Å². The molecule has 0 fully saturated rings. The van der Waals surface area contributed by atoms with E-state index in [1.807, 2.05) is 23.1 Å². The molecule has 0 aliphatic carbocycles. The zero-order chi connectivity index (χ0) is 61.1. The minimum absolute atomic E-state index is 0.0897. The molecule has 9 heteroatoms. The Morgan fingerprint density at radius 1 is 0.323 bits per heavy atom. The summed E-state index contributed by atoms with van der Waals surface area (Å²) in [4.78, 5) is 12.6. The van der Waals surface area contributed by atoms with E-state index in [4.69, 9.17) is 0 Å². The Hall–Kier alpha value is -10.5. The van der Waals surface area contributed by atoms with Gasteiger partial charge in [-0.15, -0.1) is 0 Å². The van der Waals surface area contributed by atoms with Crippen LogP contribution in [0.25, 0.3) is 42.4 Å². The van der Waals surface area contributed by atoms with E-state index >= 15 is 0 Å². The first-order valence-corrected chi connectivity index (χ1v) is 35.1. The molecule has 0 unspecified atom stereocenters. The van der Waals surface area contributed by atoms with E-state index in [-0.39, 0.29) is 28.4 Å². The molecule has 0 saturated heterocycles. The summed E-state index contributed by atoms with van der Waals surface area (Å²) in [6.45, 7) is -0.200. The molecule has 0 atom stereocenters. The molecule has 14 aromatic carbocycles. The van der Waals surface area contributed by atoms with Crippen molar-refractivity contribution in [2.75, 3.05) is 19.6 Å². The van der Waals surface area contributed by atoms with Gasteiger partial charge in [-0.25, -0.2) is 0 Å². The average molecular weight is 1280 g/mol. The van der Waals surface area contributed by atoms with Crippen LogP contribution in [0.1, 0.15) is 0 Å². The molecule has 0 amide bonds. The zero-order valence-corrected chi connectivity index (χ0v) is 53.7. The van der Waals surface area contributed by atoms with Crippen LogP contribution in [0.4, 0.5) is 68.2 Å². The number of hydrogen-bond donors (Lipinski definition) is 0. The van der Waals surface area contributed by atoms with Crippen LogP contribution in [0.5, 0.6) is 0 Å². The van der Waals surface area contributed by atoms with Gasteiger partial charge >= 0.3 is 561 Å². The number of hydrogen-bond acceptors (Lipinski definition) is 6. The predicted molar refractivity (Wildman–Crippen MR) is 400 cm³/mol. The van der Waals surface area contributed by atoms with E-state index in [0.29, 0.717) is 0 Å². The second-order valence-corrected chi connectivity index (χ2v) is 28.5. The van der Waals surface area contributed by atoms with Crippen molar-refractivity contribution in [1.29, 1.82) is 0 Å². The van der Waals surface area contributed by atoms with Crippen molar-refractivity contribution in [1.82, 2.24) is 0 Å². The molecule has 0 saturated carbocycles. The van der Waals surface area contributed by atoms with Crippen molar-refractivity contribution in [3.63, 3.8) is 0 Å². The van der Waals surface area contributed by atoms with E-state index in [9.17, 15) is 0 Å². The molecule has 0 radical (unpaired) electrons. The number of thiophene rings is 1. The van der Waals surface area contributed by atoms with Gasteiger partial charge in [0.15, 0.2) is 0 Å². The minimum atomic E-state index is -0.222. The SMILES string of the molecule is c1ccc(N(c2ccccc2)c2cc3c4c(c2)N(c2ccccc2)c2ccccc2B4c2cc4c(c(-c5ccccc5-c5cccc6c5sc5ccccc56)c2S3)[Se]c2cc(N(c3ccccc3)c3ccccc3)cc3c2B4c2ccccc2N3c2ccccc2)cc1. The first-order valence-electron chi connectivity index (χ1n) is 31.8. The standard InChI is InChI=1S/C84H54B2N4S2Se/c1-7-28-55(29-8-1)87(56-30-9-2-10-31-56)61-50-74-80-77(52-61)92-83-70(85(80)68-45-22-24-47-72(68)89(74)59-36-15-5-16-37-59)54-71-84(79(83)65-42-20-19-40-63(65)66-43-27-44-67-64-41-21-26-49-76(64)91-82(66)67)93-78-53-62(88(57-32-11-3-12-33-57)58-34-13-4-14-35-58)51-75-81(78)86(71)69-46-23-25-48-73(69)90(75)60-38-17-6-18-39-60/h1-54H. The van der Waals surface area contributed by atoms with Crippen molar-refractivity contribution >= 4 is 182 Å². The summed E-state index contributed by atoms with van der Waals surface area (Å²) in [6, 6.07) is 123. The Morgan fingerprint density at radius 2 is 0.774 bits per heavy atom. The summed E-state index contributed by atoms with van der Waals surface area (Å²) < 4.78 is 5.44. The molecule has 434 valence electrons. The first-order chi connectivity index (χ1) is 46.2. The van der Waals surface area contributed by atoms with Crippen molar-refractivity contribution < 1.29 is 0 Å². The van der Waals surface area contributed by atoms with Crippen LogP contribution in [0.2, 0.25) is 0 Å². The van der Waals surface area contributed by atoms with Gasteiger partial charge in [-0.1, -0.05) is 0 Å². The summed E-state index contributed by atoms with van der Waals surface area (Å²) in [7, 11) is 0. The second-order valence-electron chi connectivity index (χ2n) is 24.2. The molecule has 0 spiro atoms. The predicted octanol–water partition coefficient (Wildman–Crippen LogP) is 17.4. The number of anilines is 12. The van der Waals surface area contributed by atoms with Gasteiger partial charge in [-0.3, -0.25) is 0 Å². The van der Waals surface area contributed by atoms with Gasteiger partial charge in [0.25, 0.3) is 0 Å². The van der Waals surface area contributed by atoms with Crippen LogP contribution in [-0.4, -0.2) is 28.4 Å². The maximum absolute atomic E-state index is 2.72. The molecule has 1 aromatic heterocycles. The van der Waals surface area contributed by atoms with Crippen LogP contribution in [0.15, 0.2) is 337 Å². The van der Waals surface area contributed by atoms with Crippen LogP contribution in [0.3, 0.4) is 0 Å². The van der Waals surface area contributed by atoms with Crippen LogP contribution in [-0.2, 0) is 0 Å². The van der Waals surface area contributed by atoms with E-state index in [0.717, 1.165) is 45.5 Å². The van der Waals surface area contributed by atoms with Gasteiger partial charge in [-0.2, -0.15) is 0 Å². The molecule has 15 aromatic rings. The Balaban J connectivity index is 0.936. The molecular formula is C84H54B2N4S2Se. The normalized spacial score (nSPS) is 13.0. The summed E-state index contributed by atoms with van der Waals surface area (Å²) in [5.74, 6) is 0. The number of para-hydroxylation sites is 8. The number of fused-ring (bicyclic) bond motifs is 11. The Morgan fingerprint density at radius 3 is 1.35 bits per heavy atom. The maximum atomic E-state index is 2.72. The van der Waals surface area contributed by atoms with E-state index in [1.54, 1.807) is 0 Å². The number of benzene rings is 14. The third-order valence-electron chi connectivity index (χ3n) is 19.1. The second kappa shape index (κ2) is 22.1. The van der Waals surface area contributed by atoms with Crippen LogP contribution in [0, 0.1) is 0 Å². The van der Waals surface area contributed by atoms with Crippen molar-refractivity contribution in [2.24, 2.45) is 0 Å². The van der Waals surface area contributed by atoms with E-state index in [1.165, 1.54) is 117 Å². The molecule has 93 heavy (non-hydrogen) atoms. The summed E-state index contributed by atoms with van der Waals surface area (Å²) >= 11 is 3.68. The molecule has 4 nitrogen and oxygen atoms in total. The van der Waals surface area contributed by atoms with Crippen LogP contribution < -0.4 is 61.3 Å². The quantitative estimate of drug-likeness (QED) is 0.126. The Bertz CT molecular complexity index is 5110. The molecule has 4 aliphatic heterocycles. The van der Waals surface area contributed by atoms with Crippen molar-refractivity contribution in [3.8, 4) is 22.3 Å². The monoisotopic (exact) mass is 1280 g/mol. The van der Waals surface area contributed by atoms with Crippen LogP contribution >= 0.6 is 23.1 Å². The van der Waals surface area contributed by atoms with Gasteiger partial charge in [-0.05, 0) is 0 Å². The molecule has 5 heterocycles. The summed E-state index contributed by atoms with van der Waals surface area (Å²) in [5, 5.41) is 2.60.